The van der Waals surface area contributed by atoms with E-state index in [0.717, 1.165) is 16.8 Å². The summed E-state index contributed by atoms with van der Waals surface area (Å²) in [6.45, 7) is 10.6. The summed E-state index contributed by atoms with van der Waals surface area (Å²) in [6.07, 6.45) is 0.251. The van der Waals surface area contributed by atoms with Crippen molar-refractivity contribution in [2.75, 3.05) is 13.2 Å². The molecule has 25 heavy (non-hydrogen) atoms. The van der Waals surface area contributed by atoms with E-state index in [-0.39, 0.29) is 18.4 Å². The highest BCUT2D eigenvalue weighted by atomic mass is 16.5. The summed E-state index contributed by atoms with van der Waals surface area (Å²) in [7, 11) is 0. The van der Waals surface area contributed by atoms with Gasteiger partial charge in [-0.1, -0.05) is 11.2 Å². The van der Waals surface area contributed by atoms with E-state index in [1.54, 1.807) is 0 Å². The molecule has 2 aromatic rings. The monoisotopic (exact) mass is 346 g/mol. The minimum absolute atomic E-state index is 0.0752. The van der Waals surface area contributed by atoms with Gasteiger partial charge >= 0.3 is 0 Å². The number of nitrogens with one attached hydrogen (secondary N) is 1. The van der Waals surface area contributed by atoms with Crippen molar-refractivity contribution in [1.82, 2.24) is 10.5 Å². The molecule has 1 aromatic heterocycles. The molecule has 0 aliphatic rings. The zero-order chi connectivity index (χ0) is 18.4. The average molecular weight is 346 g/mol. The molecule has 136 valence electrons. The molecule has 0 aliphatic heterocycles. The third kappa shape index (κ3) is 4.75. The Morgan fingerprint density at radius 2 is 1.88 bits per heavy atom. The summed E-state index contributed by atoms with van der Waals surface area (Å²) >= 11 is 0. The number of aryl methyl sites for hydroxylation is 2. The van der Waals surface area contributed by atoms with Gasteiger partial charge in [0.05, 0.1) is 31.4 Å². The quantitative estimate of drug-likeness (QED) is 0.792. The van der Waals surface area contributed by atoms with E-state index in [4.69, 9.17) is 14.0 Å². The fourth-order valence-electron chi connectivity index (χ4n) is 2.63. The first-order chi connectivity index (χ1) is 12.0. The molecule has 0 spiro atoms. The molecular formula is C19H26N2O4. The van der Waals surface area contributed by atoms with Gasteiger partial charge in [0.25, 0.3) is 0 Å². The molecule has 6 heteroatoms. The maximum atomic E-state index is 12.3. The Hall–Kier alpha value is -2.50. The lowest BCUT2D eigenvalue weighted by atomic mass is 10.1. The van der Waals surface area contributed by atoms with E-state index in [9.17, 15) is 4.79 Å². The minimum Gasteiger partial charge on any atom is -0.490 e. The van der Waals surface area contributed by atoms with Crippen LogP contribution in [0.4, 0.5) is 0 Å². The van der Waals surface area contributed by atoms with Crippen molar-refractivity contribution in [3.63, 3.8) is 0 Å². The van der Waals surface area contributed by atoms with Crippen LogP contribution in [-0.2, 0) is 11.2 Å². The summed E-state index contributed by atoms with van der Waals surface area (Å²) in [5, 5.41) is 6.89. The Bertz CT molecular complexity index is 705. The van der Waals surface area contributed by atoms with E-state index < -0.39 is 0 Å². The number of benzene rings is 1. The SMILES string of the molecule is CCOc1ccc(C(C)NC(=O)Cc2c(C)noc2C)cc1OCC. The molecule has 1 atom stereocenters. The largest absolute Gasteiger partial charge is 0.490 e. The maximum absolute atomic E-state index is 12.3. The summed E-state index contributed by atoms with van der Waals surface area (Å²) in [5.41, 5.74) is 2.55. The summed E-state index contributed by atoms with van der Waals surface area (Å²) in [6, 6.07) is 5.58. The lowest BCUT2D eigenvalue weighted by Crippen LogP contribution is -2.28. The average Bonchev–Trinajstić information content (AvgIpc) is 2.88. The van der Waals surface area contributed by atoms with Crippen LogP contribution in [-0.4, -0.2) is 24.3 Å². The zero-order valence-electron chi connectivity index (χ0n) is 15.5. The van der Waals surface area contributed by atoms with Crippen molar-refractivity contribution >= 4 is 5.91 Å². The molecule has 1 N–H and O–H groups in total. The molecule has 0 bridgehead atoms. The number of rotatable bonds is 8. The second-order valence-electron chi connectivity index (χ2n) is 5.84. The minimum atomic E-state index is -0.150. The summed E-state index contributed by atoms with van der Waals surface area (Å²) < 4.78 is 16.3. The van der Waals surface area contributed by atoms with Gasteiger partial charge in [-0.15, -0.1) is 0 Å². The first-order valence-electron chi connectivity index (χ1n) is 8.56. The van der Waals surface area contributed by atoms with Crippen molar-refractivity contribution in [3.05, 3.63) is 40.8 Å². The lowest BCUT2D eigenvalue weighted by molar-refractivity contribution is -0.121. The number of carbonyl (C=O) groups is 1. The molecule has 0 saturated heterocycles. The van der Waals surface area contributed by atoms with E-state index in [2.05, 4.69) is 10.5 Å². The zero-order valence-corrected chi connectivity index (χ0v) is 15.5. The number of amides is 1. The molecular weight excluding hydrogens is 320 g/mol. The Morgan fingerprint density at radius 1 is 1.20 bits per heavy atom. The second kappa shape index (κ2) is 8.55. The summed E-state index contributed by atoms with van der Waals surface area (Å²) in [4.78, 5) is 12.3. The van der Waals surface area contributed by atoms with Crippen LogP contribution >= 0.6 is 0 Å². The van der Waals surface area contributed by atoms with Gasteiger partial charge in [0.15, 0.2) is 11.5 Å². The molecule has 1 unspecified atom stereocenters. The maximum Gasteiger partial charge on any atom is 0.225 e. The number of nitrogens with zero attached hydrogens (tertiary/aromatic N) is 1. The van der Waals surface area contributed by atoms with Crippen molar-refractivity contribution < 1.29 is 18.8 Å². The Kier molecular flexibility index (Phi) is 6.44. The van der Waals surface area contributed by atoms with Crippen LogP contribution in [0.3, 0.4) is 0 Å². The normalized spacial score (nSPS) is 11.9. The fraction of sp³-hybridized carbons (Fsp3) is 0.474. The number of ether oxygens (including phenoxy) is 2. The van der Waals surface area contributed by atoms with E-state index in [1.165, 1.54) is 0 Å². The van der Waals surface area contributed by atoms with E-state index in [1.807, 2.05) is 52.8 Å². The van der Waals surface area contributed by atoms with Gasteiger partial charge in [0, 0.05) is 5.56 Å². The van der Waals surface area contributed by atoms with Gasteiger partial charge in [0.2, 0.25) is 5.91 Å². The molecule has 1 aromatic carbocycles. The van der Waals surface area contributed by atoms with Crippen molar-refractivity contribution in [3.8, 4) is 11.5 Å². The molecule has 6 nitrogen and oxygen atoms in total. The van der Waals surface area contributed by atoms with Crippen LogP contribution in [0.5, 0.6) is 11.5 Å². The highest BCUT2D eigenvalue weighted by molar-refractivity contribution is 5.79. The van der Waals surface area contributed by atoms with E-state index >= 15 is 0 Å². The van der Waals surface area contributed by atoms with Crippen LogP contribution in [0.1, 0.15) is 49.4 Å². The summed E-state index contributed by atoms with van der Waals surface area (Å²) in [5.74, 6) is 2.00. The Labute approximate surface area is 148 Å². The van der Waals surface area contributed by atoms with Crippen molar-refractivity contribution in [1.29, 1.82) is 0 Å². The molecule has 1 heterocycles. The van der Waals surface area contributed by atoms with Crippen LogP contribution in [0.2, 0.25) is 0 Å². The first kappa shape index (κ1) is 18.8. The Balaban J connectivity index is 2.08. The van der Waals surface area contributed by atoms with Crippen molar-refractivity contribution in [2.45, 2.75) is 47.1 Å². The highest BCUT2D eigenvalue weighted by Gasteiger charge is 2.17. The number of hydrogen-bond acceptors (Lipinski definition) is 5. The highest BCUT2D eigenvalue weighted by Crippen LogP contribution is 2.30. The molecule has 2 rings (SSSR count). The van der Waals surface area contributed by atoms with E-state index in [0.29, 0.717) is 30.5 Å². The number of aromatic nitrogens is 1. The third-order valence-electron chi connectivity index (χ3n) is 3.96. The van der Waals surface area contributed by atoms with Gasteiger partial charge in [-0.05, 0) is 52.3 Å². The molecule has 0 fully saturated rings. The van der Waals surface area contributed by atoms with Crippen molar-refractivity contribution in [2.24, 2.45) is 0 Å². The molecule has 0 saturated carbocycles. The first-order valence-corrected chi connectivity index (χ1v) is 8.56. The Morgan fingerprint density at radius 3 is 2.48 bits per heavy atom. The molecule has 0 aliphatic carbocycles. The number of hydrogen-bond donors (Lipinski definition) is 1. The van der Waals surface area contributed by atoms with Gasteiger partial charge in [-0.2, -0.15) is 0 Å². The predicted molar refractivity (Wildman–Crippen MR) is 95.0 cm³/mol. The van der Waals surface area contributed by atoms with Gasteiger partial charge in [-0.25, -0.2) is 0 Å². The van der Waals surface area contributed by atoms with Crippen LogP contribution in [0.15, 0.2) is 22.7 Å². The topological polar surface area (TPSA) is 73.6 Å². The molecule has 0 radical (unpaired) electrons. The van der Waals surface area contributed by atoms with Gasteiger partial charge < -0.3 is 19.3 Å². The second-order valence-corrected chi connectivity index (χ2v) is 5.84. The smallest absolute Gasteiger partial charge is 0.225 e. The third-order valence-corrected chi connectivity index (χ3v) is 3.96. The number of carbonyl (C=O) groups excluding carboxylic acids is 1. The fourth-order valence-corrected chi connectivity index (χ4v) is 2.63. The molecule has 1 amide bonds. The van der Waals surface area contributed by atoms with Gasteiger partial charge in [-0.3, -0.25) is 4.79 Å². The van der Waals surface area contributed by atoms with Gasteiger partial charge in [0.1, 0.15) is 5.76 Å². The standard InChI is InChI=1S/C19H26N2O4/c1-6-23-17-9-8-15(10-18(17)24-7-2)12(3)20-19(22)11-16-13(4)21-25-14(16)5/h8-10,12H,6-7,11H2,1-5H3,(H,20,22). The van der Waals surface area contributed by atoms with Crippen LogP contribution in [0.25, 0.3) is 0 Å². The van der Waals surface area contributed by atoms with Crippen LogP contribution in [0, 0.1) is 13.8 Å². The van der Waals surface area contributed by atoms with Crippen LogP contribution < -0.4 is 14.8 Å². The predicted octanol–water partition coefficient (Wildman–Crippen LogP) is 3.51. The lowest BCUT2D eigenvalue weighted by Gasteiger charge is -2.17.